The van der Waals surface area contributed by atoms with Crippen molar-refractivity contribution in [2.45, 2.75) is 6.92 Å². The zero-order chi connectivity index (χ0) is 15.1. The minimum absolute atomic E-state index is 0.00264. The quantitative estimate of drug-likeness (QED) is 0.799. The molecule has 0 aliphatic carbocycles. The molecule has 21 heavy (non-hydrogen) atoms. The highest BCUT2D eigenvalue weighted by molar-refractivity contribution is 7.19. The third-order valence-electron chi connectivity index (χ3n) is 2.74. The first kappa shape index (κ1) is 15.6. The number of ether oxygens (including phenoxy) is 2. The highest BCUT2D eigenvalue weighted by atomic mass is 32.1. The van der Waals surface area contributed by atoms with Gasteiger partial charge in [0, 0.05) is 7.11 Å². The first-order valence-corrected chi connectivity index (χ1v) is 7.41. The van der Waals surface area contributed by atoms with Crippen molar-refractivity contribution in [1.82, 2.24) is 4.98 Å². The molecule has 6 heteroatoms. The summed E-state index contributed by atoms with van der Waals surface area (Å²) in [6.45, 7) is 2.81. The minimum atomic E-state index is -0.209. The highest BCUT2D eigenvalue weighted by Gasteiger charge is 2.11. The average molecular weight is 306 g/mol. The van der Waals surface area contributed by atoms with E-state index in [4.69, 9.17) is 9.47 Å². The number of amides is 1. The molecule has 0 saturated heterocycles. The van der Waals surface area contributed by atoms with Gasteiger partial charge in [0.1, 0.15) is 6.61 Å². The summed E-state index contributed by atoms with van der Waals surface area (Å²) in [5.41, 5.74) is 2.01. The Bertz CT molecular complexity index is 584. The largest absolute Gasteiger partial charge is 0.382 e. The molecule has 0 unspecified atom stereocenters. The van der Waals surface area contributed by atoms with Gasteiger partial charge in [-0.05, 0) is 12.5 Å². The molecule has 0 bridgehead atoms. The van der Waals surface area contributed by atoms with Gasteiger partial charge in [-0.25, -0.2) is 4.98 Å². The van der Waals surface area contributed by atoms with Gasteiger partial charge >= 0.3 is 0 Å². The Hall–Kier alpha value is -1.76. The Balaban J connectivity index is 1.95. The fraction of sp³-hybridized carbons (Fsp3) is 0.333. The van der Waals surface area contributed by atoms with Crippen molar-refractivity contribution in [3.63, 3.8) is 0 Å². The lowest BCUT2D eigenvalue weighted by Crippen LogP contribution is -2.19. The Kier molecular flexibility index (Phi) is 5.86. The number of carbonyl (C=O) groups is 1. The van der Waals surface area contributed by atoms with Crippen molar-refractivity contribution < 1.29 is 14.3 Å². The number of aryl methyl sites for hydroxylation is 1. The summed E-state index contributed by atoms with van der Waals surface area (Å²) in [6, 6.07) is 9.99. The van der Waals surface area contributed by atoms with Gasteiger partial charge in [0.15, 0.2) is 5.13 Å². The van der Waals surface area contributed by atoms with E-state index >= 15 is 0 Å². The molecule has 1 aromatic carbocycles. The molecule has 0 fully saturated rings. The molecule has 0 aliphatic heterocycles. The second-order valence-electron chi connectivity index (χ2n) is 4.39. The topological polar surface area (TPSA) is 60.5 Å². The van der Waals surface area contributed by atoms with Crippen LogP contribution in [0.5, 0.6) is 0 Å². The van der Waals surface area contributed by atoms with Crippen LogP contribution >= 0.6 is 11.3 Å². The number of thiazole rings is 1. The van der Waals surface area contributed by atoms with Gasteiger partial charge < -0.3 is 9.47 Å². The maximum absolute atomic E-state index is 11.7. The van der Waals surface area contributed by atoms with E-state index < -0.39 is 0 Å². The second-order valence-corrected chi connectivity index (χ2v) is 5.39. The van der Waals surface area contributed by atoms with Gasteiger partial charge in [-0.2, -0.15) is 0 Å². The normalized spacial score (nSPS) is 10.6. The zero-order valence-electron chi connectivity index (χ0n) is 12.1. The number of nitrogens with one attached hydrogen (secondary N) is 1. The Morgan fingerprint density at radius 1 is 1.29 bits per heavy atom. The van der Waals surface area contributed by atoms with Crippen LogP contribution in [0.3, 0.4) is 0 Å². The van der Waals surface area contributed by atoms with Gasteiger partial charge in [0.05, 0.1) is 23.8 Å². The molecule has 1 amide bonds. The molecule has 0 spiro atoms. The average Bonchev–Trinajstić information content (AvgIpc) is 2.85. The van der Waals surface area contributed by atoms with Crippen molar-refractivity contribution in [2.24, 2.45) is 0 Å². The highest BCUT2D eigenvalue weighted by Crippen LogP contribution is 2.32. The summed E-state index contributed by atoms with van der Waals surface area (Å²) < 4.78 is 10.0. The summed E-state index contributed by atoms with van der Waals surface area (Å²) in [5.74, 6) is -0.209. The predicted octanol–water partition coefficient (Wildman–Crippen LogP) is 2.72. The maximum Gasteiger partial charge on any atom is 0.252 e. The van der Waals surface area contributed by atoms with Gasteiger partial charge in [0.2, 0.25) is 0 Å². The first-order valence-electron chi connectivity index (χ1n) is 6.60. The molecule has 2 aromatic rings. The number of anilines is 1. The van der Waals surface area contributed by atoms with Crippen LogP contribution in [0.15, 0.2) is 30.3 Å². The number of nitrogens with zero attached hydrogens (tertiary/aromatic N) is 1. The van der Waals surface area contributed by atoms with Gasteiger partial charge in [-0.15, -0.1) is 0 Å². The Morgan fingerprint density at radius 2 is 2.05 bits per heavy atom. The predicted molar refractivity (Wildman–Crippen MR) is 83.6 cm³/mol. The van der Waals surface area contributed by atoms with Crippen LogP contribution in [0.2, 0.25) is 0 Å². The molecule has 0 atom stereocenters. The van der Waals surface area contributed by atoms with Crippen molar-refractivity contribution in [3.05, 3.63) is 36.0 Å². The van der Waals surface area contributed by atoms with E-state index in [9.17, 15) is 4.79 Å². The number of methoxy groups -OCH3 is 1. The third-order valence-corrected chi connectivity index (χ3v) is 3.87. The van der Waals surface area contributed by atoms with E-state index in [1.807, 2.05) is 37.3 Å². The second kappa shape index (κ2) is 7.87. The smallest absolute Gasteiger partial charge is 0.252 e. The number of carbonyl (C=O) groups excluding carboxylic acids is 1. The monoisotopic (exact) mass is 306 g/mol. The zero-order valence-corrected chi connectivity index (χ0v) is 12.9. The molecule has 1 heterocycles. The molecule has 0 aliphatic rings. The van der Waals surface area contributed by atoms with E-state index in [0.717, 1.165) is 16.1 Å². The van der Waals surface area contributed by atoms with E-state index in [1.165, 1.54) is 11.3 Å². The fourth-order valence-corrected chi connectivity index (χ4v) is 2.76. The minimum Gasteiger partial charge on any atom is -0.382 e. The van der Waals surface area contributed by atoms with Gasteiger partial charge in [-0.3, -0.25) is 10.1 Å². The van der Waals surface area contributed by atoms with Gasteiger partial charge in [-0.1, -0.05) is 41.7 Å². The van der Waals surface area contributed by atoms with Crippen molar-refractivity contribution >= 4 is 22.4 Å². The number of hydrogen-bond donors (Lipinski definition) is 1. The van der Waals surface area contributed by atoms with Crippen LogP contribution in [0.1, 0.15) is 5.69 Å². The molecule has 2 rings (SSSR count). The van der Waals surface area contributed by atoms with Crippen LogP contribution in [-0.2, 0) is 14.3 Å². The van der Waals surface area contributed by atoms with Crippen LogP contribution in [0.4, 0.5) is 5.13 Å². The van der Waals surface area contributed by atoms with Gasteiger partial charge in [0.25, 0.3) is 5.91 Å². The summed E-state index contributed by atoms with van der Waals surface area (Å²) >= 11 is 1.46. The summed E-state index contributed by atoms with van der Waals surface area (Å²) in [5, 5.41) is 3.34. The maximum atomic E-state index is 11.7. The molecule has 5 nitrogen and oxygen atoms in total. The van der Waals surface area contributed by atoms with Crippen LogP contribution in [0.25, 0.3) is 10.4 Å². The van der Waals surface area contributed by atoms with E-state index in [1.54, 1.807) is 7.11 Å². The number of rotatable bonds is 7. The lowest BCUT2D eigenvalue weighted by molar-refractivity contribution is -0.121. The molecule has 0 saturated carbocycles. The van der Waals surface area contributed by atoms with E-state index in [0.29, 0.717) is 18.3 Å². The van der Waals surface area contributed by atoms with E-state index in [-0.39, 0.29) is 12.5 Å². The Morgan fingerprint density at radius 3 is 2.76 bits per heavy atom. The van der Waals surface area contributed by atoms with Crippen LogP contribution in [-0.4, -0.2) is 37.8 Å². The SMILES string of the molecule is COCCOCC(=O)Nc1nc(C)c(-c2ccccc2)s1. The van der Waals surface area contributed by atoms with Crippen LogP contribution in [0, 0.1) is 6.92 Å². The summed E-state index contributed by atoms with van der Waals surface area (Å²) in [6.07, 6.45) is 0. The fourth-order valence-electron chi connectivity index (χ4n) is 1.77. The number of hydrogen-bond acceptors (Lipinski definition) is 5. The first-order chi connectivity index (χ1) is 10.2. The third kappa shape index (κ3) is 4.63. The molecule has 1 aromatic heterocycles. The molecule has 0 radical (unpaired) electrons. The van der Waals surface area contributed by atoms with E-state index in [2.05, 4.69) is 10.3 Å². The Labute approximate surface area is 127 Å². The lowest BCUT2D eigenvalue weighted by atomic mass is 10.2. The number of aromatic nitrogens is 1. The standard InChI is InChI=1S/C15H18N2O3S/c1-11-14(12-6-4-3-5-7-12)21-15(16-11)17-13(18)10-20-9-8-19-2/h3-7H,8-10H2,1-2H3,(H,16,17,18). The van der Waals surface area contributed by atoms with Crippen molar-refractivity contribution in [3.8, 4) is 10.4 Å². The molecule has 1 N–H and O–H groups in total. The number of benzene rings is 1. The van der Waals surface area contributed by atoms with Crippen molar-refractivity contribution in [1.29, 1.82) is 0 Å². The lowest BCUT2D eigenvalue weighted by Gasteiger charge is -2.03. The summed E-state index contributed by atoms with van der Waals surface area (Å²) in [4.78, 5) is 17.2. The van der Waals surface area contributed by atoms with Crippen LogP contribution < -0.4 is 5.32 Å². The molecule has 112 valence electrons. The molecular weight excluding hydrogens is 288 g/mol. The van der Waals surface area contributed by atoms with Crippen molar-refractivity contribution in [2.75, 3.05) is 32.2 Å². The summed E-state index contributed by atoms with van der Waals surface area (Å²) in [7, 11) is 1.59. The molecular formula is C15H18N2O3S.